The first-order chi connectivity index (χ1) is 11.1. The number of phenols is 1. The van der Waals surface area contributed by atoms with Gasteiger partial charge in [-0.1, -0.05) is 42.5 Å². The summed E-state index contributed by atoms with van der Waals surface area (Å²) < 4.78 is 0. The molecule has 0 spiro atoms. The number of benzene rings is 2. The van der Waals surface area contributed by atoms with Gasteiger partial charge in [-0.05, 0) is 23.3 Å². The van der Waals surface area contributed by atoms with Gasteiger partial charge in [0.1, 0.15) is 11.3 Å². The van der Waals surface area contributed by atoms with Gasteiger partial charge in [-0.15, -0.1) is 11.8 Å². The summed E-state index contributed by atoms with van der Waals surface area (Å²) in [7, 11) is 0. The summed E-state index contributed by atoms with van der Waals surface area (Å²) in [4.78, 5) is 15.7. The highest BCUT2D eigenvalue weighted by Crippen LogP contribution is 2.43. The number of phenolic OH excluding ortho intramolecular Hbond substituents is 1. The number of nitrogens with zero attached hydrogens (tertiary/aromatic N) is 1. The molecule has 0 bridgehead atoms. The van der Waals surface area contributed by atoms with Crippen molar-refractivity contribution in [2.75, 3.05) is 5.75 Å². The van der Waals surface area contributed by atoms with E-state index in [1.165, 1.54) is 0 Å². The van der Waals surface area contributed by atoms with E-state index in [0.717, 1.165) is 21.9 Å². The van der Waals surface area contributed by atoms with E-state index < -0.39 is 11.5 Å². The molecule has 4 nitrogen and oxygen atoms in total. The lowest BCUT2D eigenvalue weighted by Gasteiger charge is -2.26. The number of aliphatic carboxylic acids is 1. The molecule has 5 heteroatoms. The first-order valence-corrected chi connectivity index (χ1v) is 8.37. The molecule has 1 aliphatic rings. The van der Waals surface area contributed by atoms with Gasteiger partial charge in [0.25, 0.3) is 0 Å². The van der Waals surface area contributed by atoms with Crippen molar-refractivity contribution in [1.82, 2.24) is 0 Å². The zero-order chi connectivity index (χ0) is 16.3. The predicted octanol–water partition coefficient (Wildman–Crippen LogP) is 3.65. The first-order valence-electron chi connectivity index (χ1n) is 7.38. The second-order valence-corrected chi connectivity index (χ2v) is 6.51. The average molecular weight is 327 g/mol. The number of carboxylic acid groups (broad SMARTS) is 1. The summed E-state index contributed by atoms with van der Waals surface area (Å²) in [6.45, 7) is 0. The van der Waals surface area contributed by atoms with Crippen LogP contribution < -0.4 is 0 Å². The van der Waals surface area contributed by atoms with Crippen molar-refractivity contribution in [2.45, 2.75) is 18.4 Å². The molecule has 0 radical (unpaired) electrons. The molecule has 2 aromatic carbocycles. The highest BCUT2D eigenvalue weighted by atomic mass is 32.2. The van der Waals surface area contributed by atoms with Crippen LogP contribution in [-0.4, -0.2) is 27.0 Å². The van der Waals surface area contributed by atoms with Crippen LogP contribution >= 0.6 is 11.8 Å². The summed E-state index contributed by atoms with van der Waals surface area (Å²) in [5.74, 6) is 0.143. The Kier molecular flexibility index (Phi) is 4.39. The minimum atomic E-state index is -0.810. The van der Waals surface area contributed by atoms with Crippen LogP contribution in [0.4, 0.5) is 0 Å². The summed E-state index contributed by atoms with van der Waals surface area (Å²) >= 11 is 1.61. The predicted molar refractivity (Wildman–Crippen MR) is 92.1 cm³/mol. The summed E-state index contributed by atoms with van der Waals surface area (Å²) in [5, 5.41) is 19.3. The monoisotopic (exact) mass is 327 g/mol. The number of thioether (sulfide) groups is 1. The third-order valence-corrected chi connectivity index (χ3v) is 5.10. The molecule has 118 valence electrons. The van der Waals surface area contributed by atoms with Gasteiger partial charge in [0.05, 0.1) is 11.5 Å². The van der Waals surface area contributed by atoms with Crippen molar-refractivity contribution in [3.63, 3.8) is 0 Å². The minimum absolute atomic E-state index is 0.0896. The molecular formula is C18H17NO3S. The fraction of sp³-hybridized carbons (Fsp3) is 0.222. The van der Waals surface area contributed by atoms with E-state index in [0.29, 0.717) is 6.42 Å². The van der Waals surface area contributed by atoms with Crippen molar-refractivity contribution in [3.05, 3.63) is 65.7 Å². The molecule has 0 aromatic heterocycles. The quantitative estimate of drug-likeness (QED) is 0.879. The molecule has 0 aliphatic carbocycles. The highest BCUT2D eigenvalue weighted by molar-refractivity contribution is 8.14. The smallest absolute Gasteiger partial charge is 0.303 e. The van der Waals surface area contributed by atoms with Crippen LogP contribution in [0.3, 0.4) is 0 Å². The maximum absolute atomic E-state index is 10.8. The van der Waals surface area contributed by atoms with E-state index in [1.54, 1.807) is 23.9 Å². The van der Waals surface area contributed by atoms with E-state index in [1.807, 2.05) is 42.5 Å². The van der Waals surface area contributed by atoms with Gasteiger partial charge >= 0.3 is 5.97 Å². The van der Waals surface area contributed by atoms with Crippen LogP contribution in [0, 0.1) is 0 Å². The zero-order valence-corrected chi connectivity index (χ0v) is 13.3. The van der Waals surface area contributed by atoms with E-state index in [4.69, 9.17) is 10.1 Å². The Hall–Kier alpha value is -2.27. The number of rotatable bonds is 5. The average Bonchev–Trinajstić information content (AvgIpc) is 3.00. The molecular weight excluding hydrogens is 310 g/mol. The molecule has 0 amide bonds. The fourth-order valence-electron chi connectivity index (χ4n) is 2.72. The molecule has 1 atom stereocenters. The minimum Gasteiger partial charge on any atom is -0.508 e. The van der Waals surface area contributed by atoms with E-state index in [9.17, 15) is 9.90 Å². The lowest BCUT2D eigenvalue weighted by molar-refractivity contribution is -0.136. The van der Waals surface area contributed by atoms with E-state index in [-0.39, 0.29) is 12.2 Å². The lowest BCUT2D eigenvalue weighted by Crippen LogP contribution is -2.25. The molecule has 0 fully saturated rings. The third kappa shape index (κ3) is 3.24. The SMILES string of the molecule is O=C(O)CCC1=NC(c2ccccc2)(c2ccc(O)cc2)CS1. The molecule has 2 aromatic rings. The number of hydrogen-bond acceptors (Lipinski definition) is 4. The number of carbonyl (C=O) groups is 1. The zero-order valence-electron chi connectivity index (χ0n) is 12.5. The molecule has 23 heavy (non-hydrogen) atoms. The van der Waals surface area contributed by atoms with Gasteiger partial charge in [-0.3, -0.25) is 9.79 Å². The second-order valence-electron chi connectivity index (χ2n) is 5.46. The second kappa shape index (κ2) is 6.46. The summed E-state index contributed by atoms with van der Waals surface area (Å²) in [5.41, 5.74) is 1.55. The maximum Gasteiger partial charge on any atom is 0.303 e. The number of hydrogen-bond donors (Lipinski definition) is 2. The van der Waals surface area contributed by atoms with Gasteiger partial charge in [-0.2, -0.15) is 0 Å². The number of aromatic hydroxyl groups is 1. The van der Waals surface area contributed by atoms with Crippen molar-refractivity contribution < 1.29 is 15.0 Å². The van der Waals surface area contributed by atoms with Gasteiger partial charge in [0, 0.05) is 12.2 Å². The Labute approximate surface area is 138 Å². The normalized spacial score (nSPS) is 20.3. The summed E-state index contributed by atoms with van der Waals surface area (Å²) in [6, 6.07) is 17.1. The molecule has 1 heterocycles. The Bertz CT molecular complexity index is 728. The molecule has 0 saturated carbocycles. The topological polar surface area (TPSA) is 69.9 Å². The number of aliphatic imine (C=N–C) groups is 1. The maximum atomic E-state index is 10.8. The lowest BCUT2D eigenvalue weighted by atomic mass is 9.85. The Morgan fingerprint density at radius 3 is 2.39 bits per heavy atom. The van der Waals surface area contributed by atoms with Crippen LogP contribution in [0.25, 0.3) is 0 Å². The highest BCUT2D eigenvalue weighted by Gasteiger charge is 2.38. The van der Waals surface area contributed by atoms with Crippen LogP contribution in [0.15, 0.2) is 59.6 Å². The van der Waals surface area contributed by atoms with Crippen LogP contribution in [0.1, 0.15) is 24.0 Å². The Balaban J connectivity index is 2.02. The summed E-state index contributed by atoms with van der Waals surface area (Å²) in [6.07, 6.45) is 0.541. The largest absolute Gasteiger partial charge is 0.508 e. The van der Waals surface area contributed by atoms with Crippen molar-refractivity contribution in [1.29, 1.82) is 0 Å². The van der Waals surface area contributed by atoms with Gasteiger partial charge in [-0.25, -0.2) is 0 Å². The van der Waals surface area contributed by atoms with Crippen LogP contribution in [-0.2, 0) is 10.3 Å². The van der Waals surface area contributed by atoms with Crippen LogP contribution in [0.2, 0.25) is 0 Å². The van der Waals surface area contributed by atoms with Crippen LogP contribution in [0.5, 0.6) is 5.75 Å². The van der Waals surface area contributed by atoms with Crippen molar-refractivity contribution in [3.8, 4) is 5.75 Å². The van der Waals surface area contributed by atoms with E-state index >= 15 is 0 Å². The third-order valence-electron chi connectivity index (χ3n) is 3.91. The molecule has 1 aliphatic heterocycles. The molecule has 0 saturated heterocycles. The Morgan fingerprint density at radius 2 is 1.74 bits per heavy atom. The molecule has 1 unspecified atom stereocenters. The first kappa shape index (κ1) is 15.6. The van der Waals surface area contributed by atoms with Crippen molar-refractivity contribution in [2.24, 2.45) is 4.99 Å². The molecule has 2 N–H and O–H groups in total. The van der Waals surface area contributed by atoms with E-state index in [2.05, 4.69) is 0 Å². The fourth-order valence-corrected chi connectivity index (χ4v) is 3.96. The van der Waals surface area contributed by atoms with Gasteiger partial charge in [0.2, 0.25) is 0 Å². The number of carboxylic acids is 1. The Morgan fingerprint density at radius 1 is 1.09 bits per heavy atom. The molecule has 3 rings (SSSR count). The van der Waals surface area contributed by atoms with Crippen molar-refractivity contribution >= 4 is 22.8 Å². The van der Waals surface area contributed by atoms with Gasteiger partial charge in [0.15, 0.2) is 0 Å². The van der Waals surface area contributed by atoms with Gasteiger partial charge < -0.3 is 10.2 Å². The standard InChI is InChI=1S/C18H17NO3S/c20-15-8-6-14(7-9-15)18(13-4-2-1-3-5-13)12-23-16(19-18)10-11-17(21)22/h1-9,20H,10-12H2,(H,21,22).